The Bertz CT molecular complexity index is 794. The van der Waals surface area contributed by atoms with Gasteiger partial charge in [-0.1, -0.05) is 31.2 Å². The molecule has 1 aliphatic heterocycles. The third kappa shape index (κ3) is 5.06. The van der Waals surface area contributed by atoms with Crippen LogP contribution in [0.5, 0.6) is 11.5 Å². The topological polar surface area (TPSA) is 42.0 Å². The number of carbonyl (C=O) groups excluding carboxylic acids is 1. The van der Waals surface area contributed by atoms with Crippen molar-refractivity contribution in [1.82, 2.24) is 4.90 Å². The molecule has 5 heteroatoms. The Hall–Kier alpha value is -2.95. The molecule has 0 aliphatic carbocycles. The van der Waals surface area contributed by atoms with Crippen LogP contribution < -0.4 is 14.4 Å². The van der Waals surface area contributed by atoms with Gasteiger partial charge in [0.2, 0.25) is 5.91 Å². The number of rotatable bonds is 7. The zero-order valence-electron chi connectivity index (χ0n) is 16.6. The molecular formula is C23H28N2O3. The summed E-state index contributed by atoms with van der Waals surface area (Å²) in [6, 6.07) is 15.8. The van der Waals surface area contributed by atoms with Gasteiger partial charge in [0.25, 0.3) is 0 Å². The molecule has 5 nitrogen and oxygen atoms in total. The highest BCUT2D eigenvalue weighted by Crippen LogP contribution is 2.28. The van der Waals surface area contributed by atoms with Gasteiger partial charge in [0.15, 0.2) is 0 Å². The molecule has 148 valence electrons. The lowest BCUT2D eigenvalue weighted by molar-refractivity contribution is -0.126. The van der Waals surface area contributed by atoms with Crippen molar-refractivity contribution in [2.24, 2.45) is 0 Å². The summed E-state index contributed by atoms with van der Waals surface area (Å²) in [4.78, 5) is 16.7. The number of methoxy groups -OCH3 is 1. The predicted octanol–water partition coefficient (Wildman–Crippen LogP) is 3.85. The molecule has 1 amide bonds. The summed E-state index contributed by atoms with van der Waals surface area (Å²) in [7, 11) is 1.69. The minimum absolute atomic E-state index is 0.0472. The van der Waals surface area contributed by atoms with E-state index in [-0.39, 0.29) is 5.91 Å². The fraction of sp³-hybridized carbons (Fsp3) is 0.348. The van der Waals surface area contributed by atoms with Crippen molar-refractivity contribution in [3.63, 3.8) is 0 Å². The Morgan fingerprint density at radius 1 is 1.04 bits per heavy atom. The highest BCUT2D eigenvalue weighted by Gasteiger charge is 2.21. The summed E-state index contributed by atoms with van der Waals surface area (Å²) in [6.07, 6.45) is 4.50. The molecule has 0 N–H and O–H groups in total. The first kappa shape index (κ1) is 19.8. The summed E-state index contributed by atoms with van der Waals surface area (Å²) in [5.41, 5.74) is 2.07. The summed E-state index contributed by atoms with van der Waals surface area (Å²) >= 11 is 0. The minimum atomic E-state index is 0.0472. The third-order valence-electron chi connectivity index (χ3n) is 4.79. The van der Waals surface area contributed by atoms with E-state index in [1.807, 2.05) is 53.4 Å². The maximum atomic E-state index is 12.5. The zero-order chi connectivity index (χ0) is 19.8. The van der Waals surface area contributed by atoms with Crippen LogP contribution in [-0.4, -0.2) is 50.7 Å². The van der Waals surface area contributed by atoms with E-state index in [0.29, 0.717) is 19.7 Å². The Morgan fingerprint density at radius 3 is 2.43 bits per heavy atom. The molecule has 0 atom stereocenters. The third-order valence-corrected chi connectivity index (χ3v) is 4.79. The van der Waals surface area contributed by atoms with Crippen molar-refractivity contribution >= 4 is 17.7 Å². The van der Waals surface area contributed by atoms with Gasteiger partial charge < -0.3 is 19.3 Å². The predicted molar refractivity (Wildman–Crippen MR) is 113 cm³/mol. The lowest BCUT2D eigenvalue weighted by Crippen LogP contribution is -2.48. The van der Waals surface area contributed by atoms with Crippen LogP contribution in [0, 0.1) is 0 Å². The zero-order valence-corrected chi connectivity index (χ0v) is 16.6. The molecule has 0 spiro atoms. The van der Waals surface area contributed by atoms with Gasteiger partial charge in [-0.15, -0.1) is 0 Å². The molecule has 1 heterocycles. The summed E-state index contributed by atoms with van der Waals surface area (Å²) in [6.45, 7) is 5.79. The van der Waals surface area contributed by atoms with E-state index in [1.165, 1.54) is 0 Å². The second-order valence-corrected chi connectivity index (χ2v) is 6.74. The maximum absolute atomic E-state index is 12.5. The highest BCUT2D eigenvalue weighted by atomic mass is 16.5. The number of amides is 1. The number of carbonyl (C=O) groups is 1. The number of para-hydroxylation sites is 2. The van der Waals surface area contributed by atoms with Gasteiger partial charge in [-0.05, 0) is 42.3 Å². The normalized spacial score (nSPS) is 14.4. The summed E-state index contributed by atoms with van der Waals surface area (Å²) in [5.74, 6) is 1.78. The Morgan fingerprint density at radius 2 is 1.75 bits per heavy atom. The van der Waals surface area contributed by atoms with E-state index in [4.69, 9.17) is 9.47 Å². The molecule has 1 aliphatic rings. The van der Waals surface area contributed by atoms with Crippen LogP contribution in [0.2, 0.25) is 0 Å². The standard InChI is InChI=1S/C23H28N2O3/c1-3-18-28-20-11-8-19(9-12-20)10-13-23(26)25-16-14-24(15-17-25)21-6-4-5-7-22(21)27-2/h4-13H,3,14-18H2,1-2H3/b13-10+. The van der Waals surface area contributed by atoms with Gasteiger partial charge in [-0.2, -0.15) is 0 Å². The average molecular weight is 380 g/mol. The maximum Gasteiger partial charge on any atom is 0.246 e. The van der Waals surface area contributed by atoms with Crippen molar-refractivity contribution in [1.29, 1.82) is 0 Å². The molecule has 0 bridgehead atoms. The van der Waals surface area contributed by atoms with Crippen LogP contribution in [0.15, 0.2) is 54.6 Å². The molecule has 1 fully saturated rings. The Kier molecular flexibility index (Phi) is 6.95. The van der Waals surface area contributed by atoms with Crippen LogP contribution in [0.4, 0.5) is 5.69 Å². The minimum Gasteiger partial charge on any atom is -0.495 e. The number of piperazine rings is 1. The second-order valence-electron chi connectivity index (χ2n) is 6.74. The highest BCUT2D eigenvalue weighted by molar-refractivity contribution is 5.92. The van der Waals surface area contributed by atoms with Crippen LogP contribution in [0.25, 0.3) is 6.08 Å². The lowest BCUT2D eigenvalue weighted by Gasteiger charge is -2.36. The second kappa shape index (κ2) is 9.83. The first-order valence-corrected chi connectivity index (χ1v) is 9.79. The number of hydrogen-bond donors (Lipinski definition) is 0. The van der Waals surface area contributed by atoms with Crippen molar-refractivity contribution in [2.75, 3.05) is 44.8 Å². The average Bonchev–Trinajstić information content (AvgIpc) is 2.76. The van der Waals surface area contributed by atoms with Gasteiger partial charge in [0.1, 0.15) is 11.5 Å². The van der Waals surface area contributed by atoms with Crippen LogP contribution >= 0.6 is 0 Å². The quantitative estimate of drug-likeness (QED) is 0.685. The molecule has 0 unspecified atom stereocenters. The number of hydrogen-bond acceptors (Lipinski definition) is 4. The van der Waals surface area contributed by atoms with E-state index in [9.17, 15) is 4.79 Å². The molecule has 0 saturated carbocycles. The fourth-order valence-corrected chi connectivity index (χ4v) is 3.23. The smallest absolute Gasteiger partial charge is 0.246 e. The largest absolute Gasteiger partial charge is 0.495 e. The van der Waals surface area contributed by atoms with E-state index < -0.39 is 0 Å². The Labute approximate surface area is 167 Å². The molecule has 2 aromatic rings. The van der Waals surface area contributed by atoms with Crippen LogP contribution in [0.3, 0.4) is 0 Å². The number of nitrogens with zero attached hydrogens (tertiary/aromatic N) is 2. The van der Waals surface area contributed by atoms with Crippen LogP contribution in [0.1, 0.15) is 18.9 Å². The van der Waals surface area contributed by atoms with Gasteiger partial charge in [-0.25, -0.2) is 0 Å². The van der Waals surface area contributed by atoms with E-state index in [0.717, 1.165) is 42.3 Å². The van der Waals surface area contributed by atoms with E-state index in [2.05, 4.69) is 17.9 Å². The molecule has 2 aromatic carbocycles. The summed E-state index contributed by atoms with van der Waals surface area (Å²) < 4.78 is 11.0. The first-order chi connectivity index (χ1) is 13.7. The molecular weight excluding hydrogens is 352 g/mol. The van der Waals surface area contributed by atoms with Gasteiger partial charge >= 0.3 is 0 Å². The molecule has 3 rings (SSSR count). The van der Waals surface area contributed by atoms with Crippen molar-refractivity contribution in [2.45, 2.75) is 13.3 Å². The molecule has 0 aromatic heterocycles. The van der Waals surface area contributed by atoms with Crippen LogP contribution in [-0.2, 0) is 4.79 Å². The Balaban J connectivity index is 1.53. The molecule has 1 saturated heterocycles. The summed E-state index contributed by atoms with van der Waals surface area (Å²) in [5, 5.41) is 0. The number of ether oxygens (including phenoxy) is 2. The van der Waals surface area contributed by atoms with Crippen molar-refractivity contribution in [3.8, 4) is 11.5 Å². The lowest BCUT2D eigenvalue weighted by atomic mass is 10.2. The molecule has 28 heavy (non-hydrogen) atoms. The van der Waals surface area contributed by atoms with E-state index >= 15 is 0 Å². The van der Waals surface area contributed by atoms with E-state index in [1.54, 1.807) is 13.2 Å². The number of benzene rings is 2. The monoisotopic (exact) mass is 380 g/mol. The fourth-order valence-electron chi connectivity index (χ4n) is 3.23. The van der Waals surface area contributed by atoms with Crippen molar-refractivity contribution < 1.29 is 14.3 Å². The SMILES string of the molecule is CCCOc1ccc(/C=C/C(=O)N2CCN(c3ccccc3OC)CC2)cc1. The molecule has 0 radical (unpaired) electrons. The van der Waals surface area contributed by atoms with Gasteiger partial charge in [-0.3, -0.25) is 4.79 Å². The van der Waals surface area contributed by atoms with Crippen molar-refractivity contribution in [3.05, 3.63) is 60.2 Å². The first-order valence-electron chi connectivity index (χ1n) is 9.79. The van der Waals surface area contributed by atoms with Gasteiger partial charge in [0, 0.05) is 32.3 Å². The number of anilines is 1. The van der Waals surface area contributed by atoms with Gasteiger partial charge in [0.05, 0.1) is 19.4 Å².